The van der Waals surface area contributed by atoms with Gasteiger partial charge in [0.2, 0.25) is 11.0 Å². The van der Waals surface area contributed by atoms with E-state index in [2.05, 4.69) is 10.1 Å². The maximum Gasteiger partial charge on any atom is 0.573 e. The summed E-state index contributed by atoms with van der Waals surface area (Å²) in [7, 11) is -4.22. The summed E-state index contributed by atoms with van der Waals surface area (Å²) in [5.74, 6) is -3.51. The molecule has 4 rings (SSSR count). The van der Waals surface area contributed by atoms with Gasteiger partial charge < -0.3 is 14.5 Å². The van der Waals surface area contributed by atoms with Gasteiger partial charge in [-0.05, 0) is 48.7 Å². The van der Waals surface area contributed by atoms with Crippen LogP contribution in [0.1, 0.15) is 18.4 Å². The van der Waals surface area contributed by atoms with Crippen molar-refractivity contribution in [3.05, 3.63) is 59.7 Å². The van der Waals surface area contributed by atoms with E-state index in [1.54, 1.807) is 0 Å². The van der Waals surface area contributed by atoms with Crippen LogP contribution >= 0.6 is 0 Å². The number of hydrogen-bond donors (Lipinski definition) is 1. The molecule has 0 unspecified atom stereocenters. The first-order valence-electron chi connectivity index (χ1n) is 9.97. The van der Waals surface area contributed by atoms with Gasteiger partial charge in [0.1, 0.15) is 17.4 Å². The summed E-state index contributed by atoms with van der Waals surface area (Å²) in [6.07, 6.45) is -4.45. The number of ether oxygens (including phenoxy) is 1. The first-order valence-corrected chi connectivity index (χ1v) is 11.4. The first-order chi connectivity index (χ1) is 15.9. The highest BCUT2D eigenvalue weighted by Crippen LogP contribution is 2.31. The Morgan fingerprint density at radius 2 is 1.91 bits per heavy atom. The number of carbonyl (C=O) groups excluding carboxylic acids is 1. The molecule has 0 aliphatic carbocycles. The molecule has 13 heteroatoms. The van der Waals surface area contributed by atoms with Crippen molar-refractivity contribution >= 4 is 26.9 Å². The van der Waals surface area contributed by atoms with E-state index < -0.39 is 50.8 Å². The Balaban J connectivity index is 1.46. The van der Waals surface area contributed by atoms with E-state index in [-0.39, 0.29) is 36.0 Å². The highest BCUT2D eigenvalue weighted by molar-refractivity contribution is 7.89. The quantitative estimate of drug-likeness (QED) is 0.511. The van der Waals surface area contributed by atoms with E-state index in [4.69, 9.17) is 4.42 Å². The second-order valence-electron chi connectivity index (χ2n) is 7.55. The van der Waals surface area contributed by atoms with Gasteiger partial charge in [0.15, 0.2) is 11.6 Å². The molecule has 182 valence electrons. The highest BCUT2D eigenvalue weighted by Gasteiger charge is 2.41. The van der Waals surface area contributed by atoms with Crippen molar-refractivity contribution in [2.45, 2.75) is 36.9 Å². The van der Waals surface area contributed by atoms with Gasteiger partial charge in [0.05, 0.1) is 0 Å². The van der Waals surface area contributed by atoms with Crippen LogP contribution in [0.3, 0.4) is 0 Å². The van der Waals surface area contributed by atoms with E-state index in [1.165, 1.54) is 12.1 Å². The Labute approximate surface area is 190 Å². The summed E-state index contributed by atoms with van der Waals surface area (Å²) in [5.41, 5.74) is 0.312. The third kappa shape index (κ3) is 4.99. The van der Waals surface area contributed by atoms with Crippen LogP contribution in [0.4, 0.5) is 22.0 Å². The van der Waals surface area contributed by atoms with Crippen LogP contribution < -0.4 is 10.1 Å². The zero-order chi connectivity index (χ0) is 24.7. The molecule has 1 aromatic heterocycles. The van der Waals surface area contributed by atoms with Crippen LogP contribution in [0.2, 0.25) is 0 Å². The smallest absolute Gasteiger partial charge is 0.443 e. The normalized spacial score (nSPS) is 17.3. The number of rotatable bonds is 6. The number of hydrogen-bond acceptors (Lipinski definition) is 5. The van der Waals surface area contributed by atoms with Crippen molar-refractivity contribution in [3.8, 4) is 5.75 Å². The molecule has 1 aliphatic rings. The zero-order valence-electron chi connectivity index (χ0n) is 17.2. The monoisotopic (exact) mass is 504 g/mol. The van der Waals surface area contributed by atoms with Gasteiger partial charge in [-0.3, -0.25) is 4.79 Å². The number of sulfonamides is 1. The van der Waals surface area contributed by atoms with Crippen LogP contribution in [0, 0.1) is 11.6 Å². The second kappa shape index (κ2) is 8.87. The maximum absolute atomic E-state index is 13.9. The number of nitrogens with zero attached hydrogens (tertiary/aromatic N) is 1. The summed E-state index contributed by atoms with van der Waals surface area (Å²) in [6, 6.07) is 6.33. The predicted octanol–water partition coefficient (Wildman–Crippen LogP) is 4.08. The molecule has 0 saturated carbocycles. The fraction of sp³-hybridized carbons (Fsp3) is 0.286. The van der Waals surface area contributed by atoms with Crippen molar-refractivity contribution < 1.29 is 44.3 Å². The van der Waals surface area contributed by atoms with Gasteiger partial charge in [-0.15, -0.1) is 13.2 Å². The molecule has 1 atom stereocenters. The molecule has 1 aliphatic heterocycles. The van der Waals surface area contributed by atoms with Crippen LogP contribution in [0.5, 0.6) is 5.75 Å². The Kier molecular flexibility index (Phi) is 6.25. The molecule has 7 nitrogen and oxygen atoms in total. The third-order valence-electron chi connectivity index (χ3n) is 5.21. The fourth-order valence-corrected chi connectivity index (χ4v) is 5.30. The molecule has 1 N–H and O–H groups in total. The van der Waals surface area contributed by atoms with Crippen molar-refractivity contribution in [2.24, 2.45) is 0 Å². The van der Waals surface area contributed by atoms with Gasteiger partial charge in [-0.2, -0.15) is 4.31 Å². The molecule has 34 heavy (non-hydrogen) atoms. The largest absolute Gasteiger partial charge is 0.573 e. The molecule has 0 radical (unpaired) electrons. The predicted molar refractivity (Wildman–Crippen MR) is 108 cm³/mol. The summed E-state index contributed by atoms with van der Waals surface area (Å²) in [4.78, 5) is 12.7. The summed E-state index contributed by atoms with van der Waals surface area (Å²) < 4.78 is 100. The molecule has 1 saturated heterocycles. The fourth-order valence-electron chi connectivity index (χ4n) is 3.69. The van der Waals surface area contributed by atoms with Crippen LogP contribution in [-0.2, 0) is 21.4 Å². The minimum atomic E-state index is -5.05. The van der Waals surface area contributed by atoms with Gasteiger partial charge >= 0.3 is 6.36 Å². The highest BCUT2D eigenvalue weighted by atomic mass is 32.2. The number of carbonyl (C=O) groups is 1. The lowest BCUT2D eigenvalue weighted by atomic mass is 10.2. The lowest BCUT2D eigenvalue weighted by Crippen LogP contribution is -2.45. The van der Waals surface area contributed by atoms with E-state index in [1.807, 2.05) is 0 Å². The maximum atomic E-state index is 13.9. The molecular weight excluding hydrogens is 487 g/mol. The Bertz CT molecular complexity index is 1340. The molecular formula is C21H17F5N2O5S. The SMILES string of the molecule is O=C(NCc1ccc(OC(F)(F)F)c(F)c1)[C@@H]1CCCN1S(=O)(=O)c1cc2cc(F)ccc2o1. The average Bonchev–Trinajstić information content (AvgIpc) is 3.40. The van der Waals surface area contributed by atoms with Gasteiger partial charge in [0.25, 0.3) is 10.0 Å². The first kappa shape index (κ1) is 24.0. The molecule has 2 aromatic carbocycles. The number of halogens is 5. The molecule has 0 bridgehead atoms. The minimum Gasteiger partial charge on any atom is -0.443 e. The van der Waals surface area contributed by atoms with E-state index >= 15 is 0 Å². The second-order valence-corrected chi connectivity index (χ2v) is 9.37. The average molecular weight is 504 g/mol. The van der Waals surface area contributed by atoms with E-state index in [9.17, 15) is 35.2 Å². The van der Waals surface area contributed by atoms with Crippen molar-refractivity contribution in [3.63, 3.8) is 0 Å². The number of nitrogens with one attached hydrogen (secondary N) is 1. The number of fused-ring (bicyclic) bond motifs is 1. The number of furan rings is 1. The Morgan fingerprint density at radius 3 is 2.62 bits per heavy atom. The number of benzene rings is 2. The zero-order valence-corrected chi connectivity index (χ0v) is 18.1. The van der Waals surface area contributed by atoms with Crippen molar-refractivity contribution in [1.29, 1.82) is 0 Å². The molecule has 3 aromatic rings. The Hall–Kier alpha value is -3.19. The third-order valence-corrected chi connectivity index (χ3v) is 6.98. The van der Waals surface area contributed by atoms with Gasteiger partial charge in [0, 0.05) is 24.5 Å². The molecule has 2 heterocycles. The van der Waals surface area contributed by atoms with Crippen molar-refractivity contribution in [1.82, 2.24) is 9.62 Å². The van der Waals surface area contributed by atoms with Crippen LogP contribution in [-0.4, -0.2) is 37.6 Å². The standard InChI is InChI=1S/C21H17F5N2O5S/c22-14-4-6-17-13(9-14)10-19(32-17)34(30,31)28-7-1-2-16(28)20(29)27-11-12-3-5-18(15(23)8-12)33-21(24,25)26/h3-6,8-10,16H,1-2,7,11H2,(H,27,29)/t16-/m0/s1. The summed E-state index contributed by atoms with van der Waals surface area (Å²) >= 11 is 0. The summed E-state index contributed by atoms with van der Waals surface area (Å²) in [5, 5.41) is 2.28. The van der Waals surface area contributed by atoms with E-state index in [0.717, 1.165) is 34.6 Å². The van der Waals surface area contributed by atoms with Crippen molar-refractivity contribution in [2.75, 3.05) is 6.54 Å². The van der Waals surface area contributed by atoms with Crippen LogP contribution in [0.15, 0.2) is 52.0 Å². The molecule has 0 spiro atoms. The Morgan fingerprint density at radius 1 is 1.15 bits per heavy atom. The van der Waals surface area contributed by atoms with Gasteiger partial charge in [-0.1, -0.05) is 6.07 Å². The minimum absolute atomic E-state index is 0.0456. The summed E-state index contributed by atoms with van der Waals surface area (Å²) in [6.45, 7) is -0.208. The molecule has 1 amide bonds. The lowest BCUT2D eigenvalue weighted by Gasteiger charge is -2.22. The number of alkyl halides is 3. The van der Waals surface area contributed by atoms with E-state index in [0.29, 0.717) is 6.42 Å². The van der Waals surface area contributed by atoms with Crippen LogP contribution in [0.25, 0.3) is 11.0 Å². The molecule has 1 fully saturated rings. The lowest BCUT2D eigenvalue weighted by molar-refractivity contribution is -0.275. The topological polar surface area (TPSA) is 88.9 Å². The van der Waals surface area contributed by atoms with Gasteiger partial charge in [-0.25, -0.2) is 17.2 Å². The number of amides is 1.